The van der Waals surface area contributed by atoms with Crippen molar-refractivity contribution in [2.24, 2.45) is 0 Å². The highest BCUT2D eigenvalue weighted by Gasteiger charge is 2.12. The zero-order valence-electron chi connectivity index (χ0n) is 8.26. The van der Waals surface area contributed by atoms with Gasteiger partial charge in [0.15, 0.2) is 0 Å². The van der Waals surface area contributed by atoms with Gasteiger partial charge in [-0.15, -0.1) is 0 Å². The Morgan fingerprint density at radius 2 is 1.69 bits per heavy atom. The number of piperidine rings is 1. The van der Waals surface area contributed by atoms with Crippen LogP contribution in [0.5, 0.6) is 0 Å². The topological polar surface area (TPSA) is 14.1 Å². The van der Waals surface area contributed by atoms with Gasteiger partial charge in [0.1, 0.15) is 0 Å². The lowest BCUT2D eigenvalue weighted by Crippen LogP contribution is -2.14. The quantitative estimate of drug-likeness (QED) is 0.503. The smallest absolute Gasteiger partial charge is 0.0392 e. The first-order chi connectivity index (χ1) is 6.47. The summed E-state index contributed by atoms with van der Waals surface area (Å²) >= 11 is 0. The molecule has 0 aromatic carbocycles. The van der Waals surface area contributed by atoms with Gasteiger partial charge in [-0.3, -0.25) is 5.32 Å². The molecule has 0 saturated carbocycles. The van der Waals surface area contributed by atoms with Crippen molar-refractivity contribution in [2.45, 2.75) is 44.9 Å². The minimum atomic E-state index is 1.08. The monoisotopic (exact) mass is 176 g/mol. The highest BCUT2D eigenvalue weighted by molar-refractivity contribution is 5.16. The molecule has 1 nitrogen and oxygen atoms in total. The van der Waals surface area contributed by atoms with Gasteiger partial charge in [0.05, 0.1) is 0 Å². The predicted octanol–water partition coefficient (Wildman–Crippen LogP) is 3.16. The third kappa shape index (κ3) is 2.36. The molecule has 2 rings (SSSR count). The average molecular weight is 176 g/mol. The second-order valence-corrected chi connectivity index (χ2v) is 3.94. The third-order valence-electron chi connectivity index (χ3n) is 2.92. The van der Waals surface area contributed by atoms with Crippen molar-refractivity contribution in [1.82, 2.24) is 5.32 Å². The molecule has 71 valence electrons. The van der Waals surface area contributed by atoms with Gasteiger partial charge in [0.25, 0.3) is 0 Å². The Balaban J connectivity index is 2.02. The Morgan fingerprint density at radius 3 is 2.31 bits per heavy atom. The highest BCUT2D eigenvalue weighted by Crippen LogP contribution is 2.25. The third-order valence-corrected chi connectivity index (χ3v) is 2.92. The van der Waals surface area contributed by atoms with Crippen LogP contribution in [0, 0.1) is 0 Å². The standard InChI is InChI=1S/C12H18N/c1-2-4-8-11(7-3-1)12-9-5-6-10-13-12/h1-2H,3-10H2. The molecule has 2 aliphatic rings. The van der Waals surface area contributed by atoms with Crippen LogP contribution in [0.1, 0.15) is 44.9 Å². The zero-order valence-corrected chi connectivity index (χ0v) is 8.26. The first-order valence-electron chi connectivity index (χ1n) is 5.50. The van der Waals surface area contributed by atoms with E-state index < -0.39 is 0 Å². The molecule has 1 aliphatic carbocycles. The molecular formula is C12H18N. The van der Waals surface area contributed by atoms with Gasteiger partial charge < -0.3 is 0 Å². The van der Waals surface area contributed by atoms with Crippen molar-refractivity contribution in [1.29, 1.82) is 0 Å². The van der Waals surface area contributed by atoms with Gasteiger partial charge in [-0.1, -0.05) is 12.2 Å². The van der Waals surface area contributed by atoms with Crippen LogP contribution in [-0.4, -0.2) is 6.54 Å². The maximum atomic E-state index is 4.65. The molecular weight excluding hydrogens is 158 g/mol. The van der Waals surface area contributed by atoms with Gasteiger partial charge in [0, 0.05) is 12.2 Å². The molecule has 13 heavy (non-hydrogen) atoms. The lowest BCUT2D eigenvalue weighted by molar-refractivity contribution is 0.565. The average Bonchev–Trinajstić information content (AvgIpc) is 2.47. The Bertz CT molecular complexity index is 205. The molecule has 0 N–H and O–H groups in total. The number of rotatable bonds is 0. The lowest BCUT2D eigenvalue weighted by atomic mass is 9.99. The minimum absolute atomic E-state index is 1.08. The minimum Gasteiger partial charge on any atom is -0.290 e. The van der Waals surface area contributed by atoms with E-state index in [1.54, 1.807) is 5.57 Å². The van der Waals surface area contributed by atoms with Crippen molar-refractivity contribution >= 4 is 0 Å². The fourth-order valence-corrected chi connectivity index (χ4v) is 2.15. The number of hydrogen-bond donors (Lipinski definition) is 0. The predicted molar refractivity (Wildman–Crippen MR) is 55.5 cm³/mol. The Hall–Kier alpha value is -0.720. The number of hydrogen-bond acceptors (Lipinski definition) is 0. The number of nitrogens with zero attached hydrogens (tertiary/aromatic N) is 1. The van der Waals surface area contributed by atoms with E-state index in [0.717, 1.165) is 6.54 Å². The largest absolute Gasteiger partial charge is 0.290 e. The van der Waals surface area contributed by atoms with Crippen molar-refractivity contribution in [2.75, 3.05) is 6.54 Å². The summed E-state index contributed by atoms with van der Waals surface area (Å²) in [6, 6.07) is 0. The normalized spacial score (nSPS) is 24.0. The zero-order chi connectivity index (χ0) is 8.93. The van der Waals surface area contributed by atoms with E-state index in [9.17, 15) is 0 Å². The van der Waals surface area contributed by atoms with Gasteiger partial charge in [0.2, 0.25) is 0 Å². The van der Waals surface area contributed by atoms with E-state index in [4.69, 9.17) is 0 Å². The van der Waals surface area contributed by atoms with Crippen molar-refractivity contribution < 1.29 is 0 Å². The van der Waals surface area contributed by atoms with Crippen LogP contribution in [0.3, 0.4) is 0 Å². The Kier molecular flexibility index (Phi) is 3.07. The second-order valence-electron chi connectivity index (χ2n) is 3.94. The second kappa shape index (κ2) is 4.50. The van der Waals surface area contributed by atoms with Crippen LogP contribution < -0.4 is 5.32 Å². The van der Waals surface area contributed by atoms with Crippen LogP contribution in [0.2, 0.25) is 0 Å². The Labute approximate surface area is 80.9 Å². The molecule has 0 spiro atoms. The van der Waals surface area contributed by atoms with Gasteiger partial charge in [-0.05, 0) is 50.5 Å². The van der Waals surface area contributed by atoms with E-state index in [1.807, 2.05) is 0 Å². The summed E-state index contributed by atoms with van der Waals surface area (Å²) in [5.74, 6) is 0. The van der Waals surface area contributed by atoms with Gasteiger partial charge in [-0.25, -0.2) is 0 Å². The van der Waals surface area contributed by atoms with E-state index in [-0.39, 0.29) is 0 Å². The summed E-state index contributed by atoms with van der Waals surface area (Å²) in [5, 5.41) is 4.65. The summed E-state index contributed by atoms with van der Waals surface area (Å²) in [4.78, 5) is 0. The summed E-state index contributed by atoms with van der Waals surface area (Å²) in [6.45, 7) is 1.08. The summed E-state index contributed by atoms with van der Waals surface area (Å²) in [5.41, 5.74) is 3.10. The summed E-state index contributed by atoms with van der Waals surface area (Å²) in [6.07, 6.45) is 13.5. The molecule has 0 amide bonds. The molecule has 1 aliphatic heterocycles. The van der Waals surface area contributed by atoms with Crippen LogP contribution >= 0.6 is 0 Å². The van der Waals surface area contributed by atoms with Crippen LogP contribution in [0.25, 0.3) is 0 Å². The van der Waals surface area contributed by atoms with Crippen LogP contribution in [0.15, 0.2) is 23.4 Å². The number of allylic oxidation sites excluding steroid dienone is 4. The van der Waals surface area contributed by atoms with E-state index in [1.165, 1.54) is 50.6 Å². The molecule has 1 heterocycles. The fourth-order valence-electron chi connectivity index (χ4n) is 2.15. The van der Waals surface area contributed by atoms with E-state index >= 15 is 0 Å². The molecule has 0 unspecified atom stereocenters. The maximum absolute atomic E-state index is 4.65. The van der Waals surface area contributed by atoms with Gasteiger partial charge in [-0.2, -0.15) is 0 Å². The summed E-state index contributed by atoms with van der Waals surface area (Å²) in [7, 11) is 0. The van der Waals surface area contributed by atoms with E-state index in [2.05, 4.69) is 17.5 Å². The highest BCUT2D eigenvalue weighted by atomic mass is 14.9. The molecule has 0 aromatic heterocycles. The molecule has 1 saturated heterocycles. The molecule has 0 atom stereocenters. The lowest BCUT2D eigenvalue weighted by Gasteiger charge is -2.18. The molecule has 1 fully saturated rings. The molecule has 0 bridgehead atoms. The SMILES string of the molecule is C1=CCCC(=C2CCCC[N]2)CC1. The first-order valence-corrected chi connectivity index (χ1v) is 5.50. The van der Waals surface area contributed by atoms with Crippen LogP contribution in [0.4, 0.5) is 0 Å². The molecule has 0 aromatic rings. The Morgan fingerprint density at radius 1 is 0.923 bits per heavy atom. The van der Waals surface area contributed by atoms with Crippen molar-refractivity contribution in [3.8, 4) is 0 Å². The maximum Gasteiger partial charge on any atom is 0.0392 e. The van der Waals surface area contributed by atoms with Crippen molar-refractivity contribution in [3.63, 3.8) is 0 Å². The van der Waals surface area contributed by atoms with Gasteiger partial charge >= 0.3 is 0 Å². The van der Waals surface area contributed by atoms with Crippen molar-refractivity contribution in [3.05, 3.63) is 23.4 Å². The summed E-state index contributed by atoms with van der Waals surface area (Å²) < 4.78 is 0. The molecule has 1 radical (unpaired) electrons. The van der Waals surface area contributed by atoms with E-state index in [0.29, 0.717) is 0 Å². The fraction of sp³-hybridized carbons (Fsp3) is 0.667. The molecule has 1 heteroatoms. The van der Waals surface area contributed by atoms with Crippen LogP contribution in [-0.2, 0) is 0 Å². The first kappa shape index (κ1) is 8.86.